The Bertz CT molecular complexity index is 577. The van der Waals surface area contributed by atoms with Gasteiger partial charge in [0.15, 0.2) is 0 Å². The Kier molecular flexibility index (Phi) is 5.39. The molecular weight excluding hydrogens is 262 g/mol. The quantitative estimate of drug-likeness (QED) is 0.851. The molecule has 1 aromatic carbocycles. The number of hydrogen-bond acceptors (Lipinski definition) is 3. The van der Waals surface area contributed by atoms with Crippen LogP contribution in [0.3, 0.4) is 0 Å². The van der Waals surface area contributed by atoms with Crippen molar-refractivity contribution in [1.29, 1.82) is 0 Å². The van der Waals surface area contributed by atoms with Crippen molar-refractivity contribution in [2.45, 2.75) is 33.2 Å². The van der Waals surface area contributed by atoms with Crippen LogP contribution in [0.2, 0.25) is 0 Å². The molecule has 0 aliphatic carbocycles. The Hall–Kier alpha value is -1.81. The van der Waals surface area contributed by atoms with Crippen LogP contribution in [0.5, 0.6) is 5.75 Å². The predicted molar refractivity (Wildman–Crippen MR) is 85.7 cm³/mol. The summed E-state index contributed by atoms with van der Waals surface area (Å²) in [4.78, 5) is 0. The van der Waals surface area contributed by atoms with E-state index in [1.807, 2.05) is 24.1 Å². The SMILES string of the molecule is CCNC(C)c1ccc(OCCc2cnn(C)c2)c(C)c1. The topological polar surface area (TPSA) is 39.1 Å². The zero-order valence-electron chi connectivity index (χ0n) is 13.4. The van der Waals surface area contributed by atoms with Gasteiger partial charge in [-0.05, 0) is 43.1 Å². The highest BCUT2D eigenvalue weighted by molar-refractivity contribution is 5.37. The number of benzene rings is 1. The first kappa shape index (κ1) is 15.6. The van der Waals surface area contributed by atoms with Crippen LogP contribution in [0.15, 0.2) is 30.6 Å². The molecule has 1 aromatic heterocycles. The predicted octanol–water partition coefficient (Wildman–Crippen LogP) is 3.02. The summed E-state index contributed by atoms with van der Waals surface area (Å²) in [6.45, 7) is 8.06. The number of hydrogen-bond donors (Lipinski definition) is 1. The number of ether oxygens (including phenoxy) is 1. The van der Waals surface area contributed by atoms with E-state index in [0.717, 1.165) is 18.7 Å². The molecule has 4 heteroatoms. The molecule has 1 N–H and O–H groups in total. The van der Waals surface area contributed by atoms with Crippen LogP contribution >= 0.6 is 0 Å². The van der Waals surface area contributed by atoms with E-state index in [9.17, 15) is 0 Å². The average Bonchev–Trinajstić information content (AvgIpc) is 2.86. The van der Waals surface area contributed by atoms with Crippen LogP contribution in [-0.4, -0.2) is 22.9 Å². The zero-order valence-corrected chi connectivity index (χ0v) is 13.4. The molecule has 0 spiro atoms. The van der Waals surface area contributed by atoms with Gasteiger partial charge >= 0.3 is 0 Å². The number of rotatable bonds is 7. The smallest absolute Gasteiger partial charge is 0.122 e. The van der Waals surface area contributed by atoms with E-state index in [-0.39, 0.29) is 0 Å². The van der Waals surface area contributed by atoms with Gasteiger partial charge in [0.05, 0.1) is 12.8 Å². The molecule has 0 fully saturated rings. The summed E-state index contributed by atoms with van der Waals surface area (Å²) < 4.78 is 7.70. The molecule has 0 saturated heterocycles. The van der Waals surface area contributed by atoms with Crippen molar-refractivity contribution in [3.05, 3.63) is 47.3 Å². The Balaban J connectivity index is 1.91. The molecule has 0 bridgehead atoms. The fraction of sp³-hybridized carbons (Fsp3) is 0.471. The minimum atomic E-state index is 0.373. The first-order valence-corrected chi connectivity index (χ1v) is 7.54. The summed E-state index contributed by atoms with van der Waals surface area (Å²) in [5.74, 6) is 0.964. The summed E-state index contributed by atoms with van der Waals surface area (Å²) in [6.07, 6.45) is 4.79. The molecular formula is C17H25N3O. The van der Waals surface area contributed by atoms with Gasteiger partial charge in [0.1, 0.15) is 5.75 Å². The molecule has 1 atom stereocenters. The van der Waals surface area contributed by atoms with Gasteiger partial charge in [-0.1, -0.05) is 19.1 Å². The molecule has 0 saturated carbocycles. The summed E-state index contributed by atoms with van der Waals surface area (Å²) in [6, 6.07) is 6.78. The Morgan fingerprint density at radius 2 is 2.19 bits per heavy atom. The van der Waals surface area contributed by atoms with Crippen LogP contribution in [-0.2, 0) is 13.5 Å². The number of nitrogens with zero attached hydrogens (tertiary/aromatic N) is 2. The monoisotopic (exact) mass is 287 g/mol. The molecule has 4 nitrogen and oxygen atoms in total. The lowest BCUT2D eigenvalue weighted by Gasteiger charge is -2.15. The Morgan fingerprint density at radius 3 is 2.81 bits per heavy atom. The third-order valence-corrected chi connectivity index (χ3v) is 3.62. The van der Waals surface area contributed by atoms with Gasteiger partial charge in [0, 0.05) is 25.7 Å². The van der Waals surface area contributed by atoms with Crippen LogP contribution in [0.25, 0.3) is 0 Å². The van der Waals surface area contributed by atoms with Crippen LogP contribution in [0, 0.1) is 6.92 Å². The van der Waals surface area contributed by atoms with E-state index in [0.29, 0.717) is 12.6 Å². The minimum Gasteiger partial charge on any atom is -0.493 e. The standard InChI is InChI=1S/C17H25N3O/c1-5-18-14(3)16-6-7-17(13(2)10-16)21-9-8-15-11-19-20(4)12-15/h6-7,10-12,14,18H,5,8-9H2,1-4H3. The molecule has 21 heavy (non-hydrogen) atoms. The van der Waals surface area contributed by atoms with E-state index < -0.39 is 0 Å². The Labute approximate surface area is 127 Å². The maximum Gasteiger partial charge on any atom is 0.122 e. The first-order valence-electron chi connectivity index (χ1n) is 7.54. The van der Waals surface area contributed by atoms with E-state index in [1.165, 1.54) is 16.7 Å². The van der Waals surface area contributed by atoms with Gasteiger partial charge < -0.3 is 10.1 Å². The number of nitrogens with one attached hydrogen (secondary N) is 1. The second kappa shape index (κ2) is 7.27. The van der Waals surface area contributed by atoms with Crippen molar-refractivity contribution in [2.75, 3.05) is 13.2 Å². The first-order chi connectivity index (χ1) is 10.1. The van der Waals surface area contributed by atoms with Gasteiger partial charge in [-0.2, -0.15) is 5.10 Å². The maximum atomic E-state index is 5.89. The van der Waals surface area contributed by atoms with Crippen LogP contribution in [0.4, 0.5) is 0 Å². The molecule has 0 aliphatic rings. The molecule has 2 rings (SSSR count). The third kappa shape index (κ3) is 4.33. The second-order valence-corrected chi connectivity index (χ2v) is 5.43. The van der Waals surface area contributed by atoms with Crippen molar-refractivity contribution >= 4 is 0 Å². The van der Waals surface area contributed by atoms with Crippen molar-refractivity contribution < 1.29 is 4.74 Å². The van der Waals surface area contributed by atoms with Gasteiger partial charge in [-0.25, -0.2) is 0 Å². The van der Waals surface area contributed by atoms with E-state index in [4.69, 9.17) is 4.74 Å². The minimum absolute atomic E-state index is 0.373. The van der Waals surface area contributed by atoms with Gasteiger partial charge in [-0.3, -0.25) is 4.68 Å². The number of aromatic nitrogens is 2. The lowest BCUT2D eigenvalue weighted by atomic mass is 10.1. The second-order valence-electron chi connectivity index (χ2n) is 5.43. The molecule has 0 radical (unpaired) electrons. The van der Waals surface area contributed by atoms with E-state index >= 15 is 0 Å². The summed E-state index contributed by atoms with van der Waals surface area (Å²) in [5, 5.41) is 7.59. The molecule has 114 valence electrons. The zero-order chi connectivity index (χ0) is 15.2. The summed E-state index contributed by atoms with van der Waals surface area (Å²) in [7, 11) is 1.93. The van der Waals surface area contributed by atoms with Crippen molar-refractivity contribution in [1.82, 2.24) is 15.1 Å². The molecule has 0 aliphatic heterocycles. The molecule has 0 amide bonds. The van der Waals surface area contributed by atoms with Crippen molar-refractivity contribution in [3.63, 3.8) is 0 Å². The number of aryl methyl sites for hydroxylation is 2. The van der Waals surface area contributed by atoms with E-state index in [2.05, 4.69) is 49.4 Å². The van der Waals surface area contributed by atoms with E-state index in [1.54, 1.807) is 0 Å². The molecule has 1 unspecified atom stereocenters. The van der Waals surface area contributed by atoms with Crippen LogP contribution < -0.4 is 10.1 Å². The highest BCUT2D eigenvalue weighted by atomic mass is 16.5. The lowest BCUT2D eigenvalue weighted by molar-refractivity contribution is 0.319. The highest BCUT2D eigenvalue weighted by Gasteiger charge is 2.07. The van der Waals surface area contributed by atoms with Gasteiger partial charge in [0.25, 0.3) is 0 Å². The molecule has 1 heterocycles. The molecule has 2 aromatic rings. The lowest BCUT2D eigenvalue weighted by Crippen LogP contribution is -2.17. The van der Waals surface area contributed by atoms with Crippen LogP contribution in [0.1, 0.15) is 36.6 Å². The largest absolute Gasteiger partial charge is 0.493 e. The maximum absolute atomic E-state index is 5.89. The van der Waals surface area contributed by atoms with Gasteiger partial charge in [-0.15, -0.1) is 0 Å². The third-order valence-electron chi connectivity index (χ3n) is 3.62. The Morgan fingerprint density at radius 1 is 1.38 bits per heavy atom. The van der Waals surface area contributed by atoms with Crippen molar-refractivity contribution in [2.24, 2.45) is 7.05 Å². The fourth-order valence-corrected chi connectivity index (χ4v) is 2.41. The average molecular weight is 287 g/mol. The fourth-order valence-electron chi connectivity index (χ4n) is 2.41. The van der Waals surface area contributed by atoms with Gasteiger partial charge in [0.2, 0.25) is 0 Å². The summed E-state index contributed by atoms with van der Waals surface area (Å²) >= 11 is 0. The highest BCUT2D eigenvalue weighted by Crippen LogP contribution is 2.22. The summed E-state index contributed by atoms with van der Waals surface area (Å²) in [5.41, 5.74) is 3.69. The van der Waals surface area contributed by atoms with Crippen molar-refractivity contribution in [3.8, 4) is 5.75 Å². The normalized spacial score (nSPS) is 12.4.